The monoisotopic (exact) mass is 375 g/mol. The third-order valence-corrected chi connectivity index (χ3v) is 5.82. The van der Waals surface area contributed by atoms with E-state index in [1.807, 2.05) is 29.8 Å². The Morgan fingerprint density at radius 2 is 1.89 bits per heavy atom. The lowest BCUT2D eigenvalue weighted by atomic mass is 9.88. The standard InChI is InChI=1S/C19H29N5O3/c1-14(2)21-18(26)23-10-5-19(6-11-23)17-20-7-12-24(17)13-15(27-19)16(25)22-8-3-4-9-22/h7,12,14-15H,3-6,8-11,13H2,1-2H3,(H,21,26). The van der Waals surface area contributed by atoms with Crippen LogP contribution in [-0.2, 0) is 21.7 Å². The first-order valence-corrected chi connectivity index (χ1v) is 10.0. The highest BCUT2D eigenvalue weighted by molar-refractivity contribution is 5.81. The van der Waals surface area contributed by atoms with E-state index >= 15 is 0 Å². The summed E-state index contributed by atoms with van der Waals surface area (Å²) in [4.78, 5) is 33.5. The fourth-order valence-corrected chi connectivity index (χ4v) is 4.42. The van der Waals surface area contributed by atoms with Crippen molar-refractivity contribution in [1.82, 2.24) is 24.7 Å². The molecular formula is C19H29N5O3. The molecule has 2 saturated heterocycles. The van der Waals surface area contributed by atoms with Gasteiger partial charge in [0, 0.05) is 57.5 Å². The molecule has 1 unspecified atom stereocenters. The summed E-state index contributed by atoms with van der Waals surface area (Å²) in [6.45, 7) is 7.27. The molecule has 3 aliphatic heterocycles. The molecule has 2 fully saturated rings. The van der Waals surface area contributed by atoms with Crippen LogP contribution in [-0.4, -0.2) is 69.6 Å². The van der Waals surface area contributed by atoms with Gasteiger partial charge in [0.1, 0.15) is 11.4 Å². The second-order valence-corrected chi connectivity index (χ2v) is 8.13. The van der Waals surface area contributed by atoms with Crippen LogP contribution in [0.4, 0.5) is 4.79 Å². The van der Waals surface area contributed by atoms with Gasteiger partial charge in [-0.15, -0.1) is 0 Å². The summed E-state index contributed by atoms with van der Waals surface area (Å²) >= 11 is 0. The Labute approximate surface area is 159 Å². The summed E-state index contributed by atoms with van der Waals surface area (Å²) in [5, 5.41) is 2.95. The van der Waals surface area contributed by atoms with E-state index in [2.05, 4.69) is 14.9 Å². The van der Waals surface area contributed by atoms with Crippen LogP contribution < -0.4 is 5.32 Å². The third kappa shape index (κ3) is 3.42. The van der Waals surface area contributed by atoms with Gasteiger partial charge in [0.2, 0.25) is 0 Å². The number of aromatic nitrogens is 2. The fourth-order valence-electron chi connectivity index (χ4n) is 4.42. The van der Waals surface area contributed by atoms with Crippen LogP contribution >= 0.6 is 0 Å². The van der Waals surface area contributed by atoms with Crippen molar-refractivity contribution in [2.24, 2.45) is 0 Å². The number of imidazole rings is 1. The van der Waals surface area contributed by atoms with Crippen molar-refractivity contribution < 1.29 is 14.3 Å². The summed E-state index contributed by atoms with van der Waals surface area (Å²) in [5.41, 5.74) is -0.587. The topological polar surface area (TPSA) is 79.7 Å². The normalized spacial score (nSPS) is 24.3. The number of carbonyl (C=O) groups excluding carboxylic acids is 2. The first-order valence-electron chi connectivity index (χ1n) is 10.0. The molecule has 1 N–H and O–H groups in total. The number of carbonyl (C=O) groups is 2. The van der Waals surface area contributed by atoms with Gasteiger partial charge >= 0.3 is 6.03 Å². The van der Waals surface area contributed by atoms with Crippen molar-refractivity contribution in [3.63, 3.8) is 0 Å². The minimum Gasteiger partial charge on any atom is -0.352 e. The average molecular weight is 375 g/mol. The molecule has 1 aromatic heterocycles. The molecule has 1 spiro atoms. The number of nitrogens with zero attached hydrogens (tertiary/aromatic N) is 4. The molecule has 3 amide bonds. The predicted octanol–water partition coefficient (Wildman–Crippen LogP) is 1.31. The molecule has 4 rings (SSSR count). The number of fused-ring (bicyclic) bond motifs is 2. The van der Waals surface area contributed by atoms with Crippen LogP contribution in [0.15, 0.2) is 12.4 Å². The van der Waals surface area contributed by atoms with E-state index in [0.717, 1.165) is 31.8 Å². The van der Waals surface area contributed by atoms with E-state index in [1.54, 1.807) is 6.20 Å². The van der Waals surface area contributed by atoms with Crippen LogP contribution in [0, 0.1) is 0 Å². The molecule has 0 radical (unpaired) electrons. The van der Waals surface area contributed by atoms with Gasteiger partial charge in [-0.25, -0.2) is 9.78 Å². The lowest BCUT2D eigenvalue weighted by Gasteiger charge is -2.46. The van der Waals surface area contributed by atoms with E-state index in [-0.39, 0.29) is 18.0 Å². The molecule has 0 bridgehead atoms. The van der Waals surface area contributed by atoms with Crippen molar-refractivity contribution in [3.8, 4) is 0 Å². The second-order valence-electron chi connectivity index (χ2n) is 8.13. The fraction of sp³-hybridized carbons (Fsp3) is 0.737. The Kier molecular flexibility index (Phi) is 4.84. The summed E-state index contributed by atoms with van der Waals surface area (Å²) in [6, 6.07) is 0.0735. The molecule has 0 saturated carbocycles. The van der Waals surface area contributed by atoms with Gasteiger partial charge in [0.25, 0.3) is 5.91 Å². The van der Waals surface area contributed by atoms with Gasteiger partial charge in [-0.05, 0) is 26.7 Å². The quantitative estimate of drug-likeness (QED) is 0.845. The van der Waals surface area contributed by atoms with Crippen molar-refractivity contribution in [2.45, 2.75) is 63.8 Å². The minimum atomic E-state index is -0.587. The largest absolute Gasteiger partial charge is 0.352 e. The van der Waals surface area contributed by atoms with Crippen molar-refractivity contribution in [2.75, 3.05) is 26.2 Å². The number of hydrogen-bond donors (Lipinski definition) is 1. The second kappa shape index (κ2) is 7.14. The van der Waals surface area contributed by atoms with E-state index in [9.17, 15) is 9.59 Å². The number of hydrogen-bond acceptors (Lipinski definition) is 4. The highest BCUT2D eigenvalue weighted by Gasteiger charge is 2.48. The van der Waals surface area contributed by atoms with E-state index in [0.29, 0.717) is 32.5 Å². The van der Waals surface area contributed by atoms with Crippen molar-refractivity contribution in [3.05, 3.63) is 18.2 Å². The zero-order valence-electron chi connectivity index (χ0n) is 16.2. The number of rotatable bonds is 2. The van der Waals surface area contributed by atoms with E-state index in [1.165, 1.54) is 0 Å². The van der Waals surface area contributed by atoms with Gasteiger partial charge in [-0.3, -0.25) is 4.79 Å². The number of ether oxygens (including phenoxy) is 1. The SMILES string of the molecule is CC(C)NC(=O)N1CCC2(CC1)OC(C(=O)N1CCCC1)Cn1ccnc12. The Morgan fingerprint density at radius 3 is 2.56 bits per heavy atom. The van der Waals surface area contributed by atoms with Crippen LogP contribution in [0.5, 0.6) is 0 Å². The molecule has 1 atom stereocenters. The summed E-state index contributed by atoms with van der Waals surface area (Å²) in [5.74, 6) is 0.975. The van der Waals surface area contributed by atoms with Crippen LogP contribution in [0.2, 0.25) is 0 Å². The van der Waals surface area contributed by atoms with Gasteiger partial charge in [-0.1, -0.05) is 0 Å². The Bertz CT molecular complexity index is 702. The lowest BCUT2D eigenvalue weighted by molar-refractivity contribution is -0.179. The van der Waals surface area contributed by atoms with Gasteiger partial charge in [-0.2, -0.15) is 0 Å². The van der Waals surface area contributed by atoms with E-state index in [4.69, 9.17) is 4.74 Å². The van der Waals surface area contributed by atoms with Crippen molar-refractivity contribution >= 4 is 11.9 Å². The zero-order chi connectivity index (χ0) is 19.0. The van der Waals surface area contributed by atoms with Gasteiger partial charge in [0.05, 0.1) is 6.54 Å². The number of amides is 3. The van der Waals surface area contributed by atoms with E-state index < -0.39 is 11.7 Å². The predicted molar refractivity (Wildman–Crippen MR) is 99.1 cm³/mol. The van der Waals surface area contributed by atoms with Crippen molar-refractivity contribution in [1.29, 1.82) is 0 Å². The van der Waals surface area contributed by atoms with Crippen LogP contribution in [0.1, 0.15) is 45.4 Å². The molecule has 8 nitrogen and oxygen atoms in total. The molecule has 8 heteroatoms. The Hall–Kier alpha value is -2.09. The highest BCUT2D eigenvalue weighted by atomic mass is 16.5. The molecular weight excluding hydrogens is 346 g/mol. The van der Waals surface area contributed by atoms with Crippen LogP contribution in [0.3, 0.4) is 0 Å². The van der Waals surface area contributed by atoms with Gasteiger partial charge in [0.15, 0.2) is 6.10 Å². The molecule has 4 heterocycles. The number of nitrogens with one attached hydrogen (secondary N) is 1. The molecule has 0 aromatic carbocycles. The first-order chi connectivity index (χ1) is 13.0. The average Bonchev–Trinajstić information content (AvgIpc) is 3.33. The zero-order valence-corrected chi connectivity index (χ0v) is 16.2. The summed E-state index contributed by atoms with van der Waals surface area (Å²) in [7, 11) is 0. The maximum atomic E-state index is 12.9. The lowest BCUT2D eigenvalue weighted by Crippen LogP contribution is -2.56. The first kappa shape index (κ1) is 18.3. The molecule has 1 aromatic rings. The Balaban J connectivity index is 1.50. The minimum absolute atomic E-state index is 0.0382. The summed E-state index contributed by atoms with van der Waals surface area (Å²) < 4.78 is 8.51. The van der Waals surface area contributed by atoms with Gasteiger partial charge < -0.3 is 24.4 Å². The molecule has 3 aliphatic rings. The maximum absolute atomic E-state index is 12.9. The molecule has 148 valence electrons. The summed E-state index contributed by atoms with van der Waals surface area (Å²) in [6.07, 6.45) is 6.68. The maximum Gasteiger partial charge on any atom is 0.317 e. The highest BCUT2D eigenvalue weighted by Crippen LogP contribution is 2.40. The molecule has 0 aliphatic carbocycles. The third-order valence-electron chi connectivity index (χ3n) is 5.82. The van der Waals surface area contributed by atoms with Crippen LogP contribution in [0.25, 0.3) is 0 Å². The number of urea groups is 1. The molecule has 27 heavy (non-hydrogen) atoms. The smallest absolute Gasteiger partial charge is 0.317 e. The number of piperidine rings is 1. The Morgan fingerprint density at radius 1 is 1.19 bits per heavy atom. The number of likely N-dealkylation sites (tertiary alicyclic amines) is 2.